The maximum Gasteiger partial charge on any atom is 0.266 e. The molecule has 0 saturated carbocycles. The Balaban J connectivity index is 1.80. The van der Waals surface area contributed by atoms with Gasteiger partial charge in [-0.15, -0.1) is 0 Å². The van der Waals surface area contributed by atoms with Gasteiger partial charge in [-0.2, -0.15) is 0 Å². The van der Waals surface area contributed by atoms with Crippen LogP contribution in [-0.4, -0.2) is 33.5 Å². The molecule has 4 aromatic rings. The maximum absolute atomic E-state index is 13.8. The lowest BCUT2D eigenvalue weighted by molar-refractivity contribution is -0.136. The number of para-hydroxylation sites is 2. The van der Waals surface area contributed by atoms with Crippen LogP contribution in [0.5, 0.6) is 5.75 Å². The number of fused-ring (bicyclic) bond motifs is 1. The molecule has 0 bridgehead atoms. The van der Waals surface area contributed by atoms with E-state index >= 15 is 0 Å². The zero-order chi connectivity index (χ0) is 25.8. The lowest BCUT2D eigenvalue weighted by atomic mass is 10.1. The van der Waals surface area contributed by atoms with E-state index in [1.807, 2.05) is 87.5 Å². The highest BCUT2D eigenvalue weighted by Crippen LogP contribution is 2.25. The number of rotatable bonds is 8. The molecule has 36 heavy (non-hydrogen) atoms. The second kappa shape index (κ2) is 10.8. The fraction of sp³-hybridized carbons (Fsp3) is 0.300. The van der Waals surface area contributed by atoms with Crippen molar-refractivity contribution in [1.29, 1.82) is 0 Å². The highest BCUT2D eigenvalue weighted by Gasteiger charge is 2.28. The van der Waals surface area contributed by atoms with E-state index in [9.17, 15) is 9.59 Å². The van der Waals surface area contributed by atoms with Crippen molar-refractivity contribution in [3.63, 3.8) is 0 Å². The van der Waals surface area contributed by atoms with E-state index in [4.69, 9.17) is 9.72 Å². The van der Waals surface area contributed by atoms with E-state index in [0.29, 0.717) is 29.0 Å². The minimum atomic E-state index is -0.460. The smallest absolute Gasteiger partial charge is 0.266 e. The molecule has 3 aromatic carbocycles. The number of carbonyl (C=O) groups is 1. The summed E-state index contributed by atoms with van der Waals surface area (Å²) in [6.45, 7) is 10.5. The Morgan fingerprint density at radius 2 is 1.64 bits per heavy atom. The van der Waals surface area contributed by atoms with Gasteiger partial charge in [0.2, 0.25) is 0 Å². The summed E-state index contributed by atoms with van der Waals surface area (Å²) in [7, 11) is 0. The first-order chi connectivity index (χ1) is 17.3. The summed E-state index contributed by atoms with van der Waals surface area (Å²) in [6, 6.07) is 22.1. The van der Waals surface area contributed by atoms with Crippen LogP contribution in [0, 0.1) is 19.8 Å². The van der Waals surface area contributed by atoms with Crippen LogP contribution in [-0.2, 0) is 4.79 Å². The minimum absolute atomic E-state index is 0.0947. The molecule has 0 radical (unpaired) electrons. The first-order valence-corrected chi connectivity index (χ1v) is 12.3. The molecule has 1 amide bonds. The van der Waals surface area contributed by atoms with Crippen molar-refractivity contribution >= 4 is 16.8 Å². The summed E-state index contributed by atoms with van der Waals surface area (Å²) < 4.78 is 7.42. The third-order valence-corrected chi connectivity index (χ3v) is 6.38. The third-order valence-electron chi connectivity index (χ3n) is 6.38. The van der Waals surface area contributed by atoms with Gasteiger partial charge in [-0.3, -0.25) is 14.2 Å². The topological polar surface area (TPSA) is 64.4 Å². The molecule has 0 saturated heterocycles. The molecular formula is C30H33N3O3. The van der Waals surface area contributed by atoms with Crippen LogP contribution in [0.3, 0.4) is 0 Å². The van der Waals surface area contributed by atoms with Gasteiger partial charge in [-0.25, -0.2) is 4.98 Å². The average molecular weight is 484 g/mol. The van der Waals surface area contributed by atoms with Crippen molar-refractivity contribution in [2.24, 2.45) is 5.92 Å². The van der Waals surface area contributed by atoms with Crippen LogP contribution >= 0.6 is 0 Å². The first kappa shape index (κ1) is 25.2. The summed E-state index contributed by atoms with van der Waals surface area (Å²) in [5.41, 5.74) is 3.42. The van der Waals surface area contributed by atoms with Gasteiger partial charge in [-0.05, 0) is 74.2 Å². The van der Waals surface area contributed by atoms with Crippen molar-refractivity contribution in [2.45, 2.75) is 40.7 Å². The monoisotopic (exact) mass is 483 g/mol. The molecule has 0 spiro atoms. The number of hydrogen-bond donors (Lipinski definition) is 0. The molecule has 0 aliphatic carbocycles. The third kappa shape index (κ3) is 5.33. The molecule has 1 atom stereocenters. The lowest BCUT2D eigenvalue weighted by Crippen LogP contribution is -2.41. The van der Waals surface area contributed by atoms with Gasteiger partial charge in [0, 0.05) is 6.54 Å². The quantitative estimate of drug-likeness (QED) is 0.326. The molecule has 6 heteroatoms. The maximum atomic E-state index is 13.8. The highest BCUT2D eigenvalue weighted by molar-refractivity contribution is 5.79. The van der Waals surface area contributed by atoms with E-state index in [1.54, 1.807) is 15.5 Å². The Morgan fingerprint density at radius 3 is 2.33 bits per heavy atom. The zero-order valence-corrected chi connectivity index (χ0v) is 21.6. The Bertz CT molecular complexity index is 1430. The van der Waals surface area contributed by atoms with Crippen molar-refractivity contribution < 1.29 is 9.53 Å². The van der Waals surface area contributed by atoms with Crippen LogP contribution in [0.1, 0.15) is 43.8 Å². The summed E-state index contributed by atoms with van der Waals surface area (Å²) in [5.74, 6) is 1.22. The minimum Gasteiger partial charge on any atom is -0.484 e. The van der Waals surface area contributed by atoms with E-state index in [-0.39, 0.29) is 24.0 Å². The molecule has 1 unspecified atom stereocenters. The number of carbonyl (C=O) groups excluding carboxylic acids is 1. The molecule has 4 rings (SSSR count). The van der Waals surface area contributed by atoms with E-state index < -0.39 is 6.04 Å². The second-order valence-electron chi connectivity index (χ2n) is 9.61. The van der Waals surface area contributed by atoms with E-state index in [0.717, 1.165) is 16.8 Å². The number of benzene rings is 3. The highest BCUT2D eigenvalue weighted by atomic mass is 16.5. The van der Waals surface area contributed by atoms with Gasteiger partial charge < -0.3 is 9.64 Å². The standard InChI is InChI=1S/C30H33N3O3/c1-20(2)18-32(28(34)19-36-25-11-7-6-8-12-25)23(5)29-31-27-14-10-9-13-26(27)30(35)33(29)24-16-15-21(3)22(4)17-24/h6-17,20,23H,18-19H2,1-5H3. The van der Waals surface area contributed by atoms with Crippen LogP contribution < -0.4 is 10.3 Å². The first-order valence-electron chi connectivity index (χ1n) is 12.3. The Kier molecular flexibility index (Phi) is 7.53. The fourth-order valence-electron chi connectivity index (χ4n) is 4.30. The van der Waals surface area contributed by atoms with Gasteiger partial charge >= 0.3 is 0 Å². The zero-order valence-electron chi connectivity index (χ0n) is 21.6. The van der Waals surface area contributed by atoms with Crippen LogP contribution in [0.25, 0.3) is 16.6 Å². The van der Waals surface area contributed by atoms with Crippen molar-refractivity contribution in [3.8, 4) is 11.4 Å². The second-order valence-corrected chi connectivity index (χ2v) is 9.61. The Morgan fingerprint density at radius 1 is 0.944 bits per heavy atom. The summed E-state index contributed by atoms with van der Waals surface area (Å²) >= 11 is 0. The van der Waals surface area contributed by atoms with Crippen molar-refractivity contribution in [2.75, 3.05) is 13.2 Å². The number of hydrogen-bond acceptors (Lipinski definition) is 4. The number of aromatic nitrogens is 2. The molecule has 1 heterocycles. The number of amides is 1. The Hall–Kier alpha value is -3.93. The van der Waals surface area contributed by atoms with Crippen LogP contribution in [0.15, 0.2) is 77.6 Å². The van der Waals surface area contributed by atoms with Gasteiger partial charge in [0.25, 0.3) is 11.5 Å². The van der Waals surface area contributed by atoms with E-state index in [2.05, 4.69) is 13.8 Å². The Labute approximate surface area is 212 Å². The SMILES string of the molecule is Cc1ccc(-n2c(C(C)N(CC(C)C)C(=O)COc3ccccc3)nc3ccccc3c2=O)cc1C. The largest absolute Gasteiger partial charge is 0.484 e. The molecule has 0 N–H and O–H groups in total. The van der Waals surface area contributed by atoms with Crippen molar-refractivity contribution in [1.82, 2.24) is 14.5 Å². The van der Waals surface area contributed by atoms with Gasteiger partial charge in [-0.1, -0.05) is 50.2 Å². The molecule has 1 aromatic heterocycles. The predicted octanol–water partition coefficient (Wildman–Crippen LogP) is 5.63. The number of aryl methyl sites for hydroxylation is 2. The fourth-order valence-corrected chi connectivity index (χ4v) is 4.30. The summed E-state index contributed by atoms with van der Waals surface area (Å²) in [6.07, 6.45) is 0. The lowest BCUT2D eigenvalue weighted by Gasteiger charge is -2.32. The van der Waals surface area contributed by atoms with Gasteiger partial charge in [0.1, 0.15) is 11.6 Å². The number of nitrogens with zero attached hydrogens (tertiary/aromatic N) is 3. The normalized spacial score (nSPS) is 12.1. The summed E-state index contributed by atoms with van der Waals surface area (Å²) in [4.78, 5) is 33.9. The number of ether oxygens (including phenoxy) is 1. The average Bonchev–Trinajstić information content (AvgIpc) is 2.87. The van der Waals surface area contributed by atoms with Crippen molar-refractivity contribution in [3.05, 3.63) is 100 Å². The van der Waals surface area contributed by atoms with Crippen LogP contribution in [0.2, 0.25) is 0 Å². The summed E-state index contributed by atoms with van der Waals surface area (Å²) in [5, 5.41) is 0.542. The molecule has 0 fully saturated rings. The molecule has 186 valence electrons. The predicted molar refractivity (Wildman–Crippen MR) is 144 cm³/mol. The van der Waals surface area contributed by atoms with Gasteiger partial charge in [0.15, 0.2) is 6.61 Å². The van der Waals surface area contributed by atoms with Gasteiger partial charge in [0.05, 0.1) is 22.6 Å². The van der Waals surface area contributed by atoms with E-state index in [1.165, 1.54) is 0 Å². The van der Waals surface area contributed by atoms with Crippen LogP contribution in [0.4, 0.5) is 0 Å². The molecule has 6 nitrogen and oxygen atoms in total. The molecule has 0 aliphatic rings. The molecular weight excluding hydrogens is 450 g/mol. The molecule has 0 aliphatic heterocycles.